The Balaban J connectivity index is 1.73. The molecule has 2 aromatic heterocycles. The smallest absolute Gasteiger partial charge is 0.251 e. The number of nitrogens with zero attached hydrogens (tertiary/aromatic N) is 3. The van der Waals surface area contributed by atoms with E-state index in [1.807, 2.05) is 43.3 Å². The first kappa shape index (κ1) is 17.9. The maximum atomic E-state index is 12.6. The van der Waals surface area contributed by atoms with Gasteiger partial charge in [0.05, 0.1) is 23.1 Å². The Labute approximate surface area is 164 Å². The van der Waals surface area contributed by atoms with Crippen molar-refractivity contribution in [2.75, 3.05) is 0 Å². The van der Waals surface area contributed by atoms with Crippen molar-refractivity contribution >= 4 is 16.9 Å². The van der Waals surface area contributed by atoms with Crippen molar-refractivity contribution < 1.29 is 4.79 Å². The maximum Gasteiger partial charge on any atom is 0.251 e. The van der Waals surface area contributed by atoms with Gasteiger partial charge in [0.2, 0.25) is 0 Å². The number of rotatable bonds is 5. The van der Waals surface area contributed by atoms with Crippen molar-refractivity contribution in [3.05, 3.63) is 96.1 Å². The molecule has 0 saturated heterocycles. The average molecular weight is 370 g/mol. The van der Waals surface area contributed by atoms with Crippen molar-refractivity contribution in [3.8, 4) is 0 Å². The molecule has 2 heterocycles. The molecule has 5 nitrogen and oxygen atoms in total. The molecule has 0 aliphatic rings. The van der Waals surface area contributed by atoms with Crippen molar-refractivity contribution in [2.45, 2.75) is 25.9 Å². The second-order valence-electron chi connectivity index (χ2n) is 6.85. The van der Waals surface area contributed by atoms with Crippen molar-refractivity contribution in [3.63, 3.8) is 0 Å². The summed E-state index contributed by atoms with van der Waals surface area (Å²) < 4.78 is 2.21. The molecule has 1 amide bonds. The van der Waals surface area contributed by atoms with E-state index in [0.29, 0.717) is 5.56 Å². The fraction of sp³-hybridized carbons (Fsp3) is 0.174. The lowest BCUT2D eigenvalue weighted by atomic mass is 10.1. The lowest BCUT2D eigenvalue weighted by Crippen LogP contribution is -2.29. The number of pyridine rings is 1. The molecule has 1 N–H and O–H groups in total. The topological polar surface area (TPSA) is 59.8 Å². The van der Waals surface area contributed by atoms with Crippen LogP contribution in [0.4, 0.5) is 0 Å². The predicted molar refractivity (Wildman–Crippen MR) is 110 cm³/mol. The van der Waals surface area contributed by atoms with Gasteiger partial charge in [-0.2, -0.15) is 0 Å². The van der Waals surface area contributed by atoms with E-state index in [9.17, 15) is 4.79 Å². The minimum Gasteiger partial charge on any atom is -0.342 e. The highest BCUT2D eigenvalue weighted by molar-refractivity contribution is 5.94. The van der Waals surface area contributed by atoms with Gasteiger partial charge in [-0.15, -0.1) is 0 Å². The van der Waals surface area contributed by atoms with Gasteiger partial charge in [0.1, 0.15) is 5.82 Å². The molecule has 0 bridgehead atoms. The van der Waals surface area contributed by atoms with E-state index in [4.69, 9.17) is 4.98 Å². The minimum atomic E-state index is -0.251. The van der Waals surface area contributed by atoms with Gasteiger partial charge in [0.15, 0.2) is 0 Å². The molecule has 4 aromatic rings. The number of aromatic nitrogens is 3. The zero-order valence-corrected chi connectivity index (χ0v) is 15.9. The third-order valence-electron chi connectivity index (χ3n) is 4.97. The zero-order chi connectivity index (χ0) is 19.5. The Hall–Kier alpha value is -3.47. The molecule has 140 valence electrons. The summed E-state index contributed by atoms with van der Waals surface area (Å²) in [5.41, 5.74) is 3.75. The summed E-state index contributed by atoms with van der Waals surface area (Å²) in [6, 6.07) is 21.6. The number of benzene rings is 2. The molecule has 0 aliphatic carbocycles. The Morgan fingerprint density at radius 3 is 2.36 bits per heavy atom. The molecule has 0 fully saturated rings. The lowest BCUT2D eigenvalue weighted by molar-refractivity contribution is 0.0937. The molecule has 0 radical (unpaired) electrons. The van der Waals surface area contributed by atoms with Crippen molar-refractivity contribution in [2.24, 2.45) is 0 Å². The number of hydrogen-bond acceptors (Lipinski definition) is 3. The molecular formula is C23H22N4O. The van der Waals surface area contributed by atoms with Crippen LogP contribution in [-0.4, -0.2) is 20.4 Å². The predicted octanol–water partition coefficient (Wildman–Crippen LogP) is 4.53. The molecule has 0 aliphatic heterocycles. The van der Waals surface area contributed by atoms with E-state index in [1.54, 1.807) is 24.5 Å². The molecule has 2 aromatic carbocycles. The van der Waals surface area contributed by atoms with Gasteiger partial charge in [-0.1, -0.05) is 42.5 Å². The van der Waals surface area contributed by atoms with Crippen LogP contribution in [0.15, 0.2) is 79.1 Å². The largest absolute Gasteiger partial charge is 0.342 e. The summed E-state index contributed by atoms with van der Waals surface area (Å²) in [6.07, 6.45) is 3.23. The van der Waals surface area contributed by atoms with Crippen LogP contribution in [0.5, 0.6) is 0 Å². The van der Waals surface area contributed by atoms with E-state index in [-0.39, 0.29) is 18.0 Å². The molecule has 28 heavy (non-hydrogen) atoms. The number of hydrogen-bond donors (Lipinski definition) is 1. The number of carbonyl (C=O) groups excluding carboxylic acids is 1. The average Bonchev–Trinajstić information content (AvgIpc) is 3.14. The minimum absolute atomic E-state index is 0.0869. The third-order valence-corrected chi connectivity index (χ3v) is 4.97. The quantitative estimate of drug-likeness (QED) is 0.561. The number of imidazole rings is 1. The molecule has 0 saturated carbocycles. The zero-order valence-electron chi connectivity index (χ0n) is 15.9. The fourth-order valence-electron chi connectivity index (χ4n) is 3.50. The summed E-state index contributed by atoms with van der Waals surface area (Å²) in [6.45, 7) is 4.12. The van der Waals surface area contributed by atoms with Gasteiger partial charge in [0.25, 0.3) is 5.91 Å². The van der Waals surface area contributed by atoms with E-state index in [0.717, 1.165) is 16.9 Å². The van der Waals surface area contributed by atoms with Crippen LogP contribution in [0.3, 0.4) is 0 Å². The van der Waals surface area contributed by atoms with Crippen LogP contribution in [-0.2, 0) is 0 Å². The van der Waals surface area contributed by atoms with Crippen LogP contribution < -0.4 is 5.32 Å². The third kappa shape index (κ3) is 3.39. The van der Waals surface area contributed by atoms with Crippen LogP contribution in [0, 0.1) is 0 Å². The molecule has 0 spiro atoms. The Kier molecular flexibility index (Phi) is 4.89. The van der Waals surface area contributed by atoms with Crippen LogP contribution in [0.25, 0.3) is 11.0 Å². The highest BCUT2D eigenvalue weighted by atomic mass is 16.1. The van der Waals surface area contributed by atoms with Crippen molar-refractivity contribution in [1.29, 1.82) is 0 Å². The normalized spacial score (nSPS) is 13.2. The summed E-state index contributed by atoms with van der Waals surface area (Å²) >= 11 is 0. The van der Waals surface area contributed by atoms with Gasteiger partial charge in [-0.25, -0.2) is 4.98 Å². The van der Waals surface area contributed by atoms with E-state index in [1.165, 1.54) is 5.56 Å². The standard InChI is InChI=1S/C23H22N4O/c1-16(25-23(28)19-12-14-24-15-13-19)22-26-20-10-6-7-11-21(20)27(22)17(2)18-8-4-3-5-9-18/h3-17H,1-2H3,(H,25,28). The van der Waals surface area contributed by atoms with E-state index >= 15 is 0 Å². The number of nitrogens with one attached hydrogen (secondary N) is 1. The monoisotopic (exact) mass is 370 g/mol. The Morgan fingerprint density at radius 2 is 1.61 bits per heavy atom. The first-order chi connectivity index (χ1) is 13.6. The SMILES string of the molecule is CC(NC(=O)c1ccncc1)c1nc2ccccc2n1C(C)c1ccccc1. The van der Waals surface area contributed by atoms with Gasteiger partial charge in [-0.3, -0.25) is 9.78 Å². The van der Waals surface area contributed by atoms with Crippen molar-refractivity contribution in [1.82, 2.24) is 19.9 Å². The molecule has 4 rings (SSSR count). The number of amides is 1. The molecule has 2 atom stereocenters. The Bertz CT molecular complexity index is 1090. The molecule has 2 unspecified atom stereocenters. The lowest BCUT2D eigenvalue weighted by Gasteiger charge is -2.22. The Morgan fingerprint density at radius 1 is 0.929 bits per heavy atom. The molecule has 5 heteroatoms. The van der Waals surface area contributed by atoms with Gasteiger partial charge >= 0.3 is 0 Å². The van der Waals surface area contributed by atoms with Crippen LogP contribution in [0.2, 0.25) is 0 Å². The fourth-order valence-corrected chi connectivity index (χ4v) is 3.50. The maximum absolute atomic E-state index is 12.6. The summed E-state index contributed by atoms with van der Waals surface area (Å²) in [5, 5.41) is 3.07. The summed E-state index contributed by atoms with van der Waals surface area (Å²) in [5.74, 6) is 0.695. The number of fused-ring (bicyclic) bond motifs is 1. The number of para-hydroxylation sites is 2. The molecular weight excluding hydrogens is 348 g/mol. The summed E-state index contributed by atoms with van der Waals surface area (Å²) in [4.78, 5) is 21.4. The summed E-state index contributed by atoms with van der Waals surface area (Å²) in [7, 11) is 0. The van der Waals surface area contributed by atoms with E-state index < -0.39 is 0 Å². The van der Waals surface area contributed by atoms with Gasteiger partial charge in [0, 0.05) is 18.0 Å². The second kappa shape index (κ2) is 7.64. The van der Waals surface area contributed by atoms with Gasteiger partial charge in [-0.05, 0) is 43.7 Å². The van der Waals surface area contributed by atoms with E-state index in [2.05, 4.69) is 40.0 Å². The number of carbonyl (C=O) groups is 1. The first-order valence-corrected chi connectivity index (χ1v) is 9.38. The highest BCUT2D eigenvalue weighted by Gasteiger charge is 2.22. The van der Waals surface area contributed by atoms with Crippen LogP contribution in [0.1, 0.15) is 47.7 Å². The first-order valence-electron chi connectivity index (χ1n) is 9.38. The van der Waals surface area contributed by atoms with Gasteiger partial charge < -0.3 is 9.88 Å². The second-order valence-corrected chi connectivity index (χ2v) is 6.85. The van der Waals surface area contributed by atoms with Crippen LogP contribution >= 0.6 is 0 Å². The highest BCUT2D eigenvalue weighted by Crippen LogP contribution is 2.29.